The second-order valence-corrected chi connectivity index (χ2v) is 6.00. The van der Waals surface area contributed by atoms with E-state index < -0.39 is 12.0 Å². The fourth-order valence-corrected chi connectivity index (χ4v) is 3.37. The van der Waals surface area contributed by atoms with E-state index in [9.17, 15) is 8.78 Å². The predicted molar refractivity (Wildman–Crippen MR) is 68.4 cm³/mol. The van der Waals surface area contributed by atoms with Crippen molar-refractivity contribution in [2.24, 2.45) is 17.8 Å². The van der Waals surface area contributed by atoms with Gasteiger partial charge in [0.2, 0.25) is 0 Å². The lowest BCUT2D eigenvalue weighted by molar-refractivity contribution is -0.0556. The van der Waals surface area contributed by atoms with Crippen molar-refractivity contribution in [2.45, 2.75) is 65.3 Å². The Morgan fingerprint density at radius 3 is 2.41 bits per heavy atom. The topological polar surface area (TPSA) is 12.0 Å². The molecular weight excluding hydrogens is 220 g/mol. The molecule has 0 aliphatic heterocycles. The van der Waals surface area contributed by atoms with E-state index in [-0.39, 0.29) is 5.92 Å². The van der Waals surface area contributed by atoms with Gasteiger partial charge in [-0.05, 0) is 43.6 Å². The molecule has 1 nitrogen and oxygen atoms in total. The van der Waals surface area contributed by atoms with Crippen LogP contribution in [0.4, 0.5) is 8.78 Å². The Kier molecular flexibility index (Phi) is 5.36. The summed E-state index contributed by atoms with van der Waals surface area (Å²) in [4.78, 5) is 0. The van der Waals surface area contributed by atoms with Crippen molar-refractivity contribution in [1.82, 2.24) is 5.32 Å². The minimum Gasteiger partial charge on any atom is -0.306 e. The Labute approximate surface area is 104 Å². The van der Waals surface area contributed by atoms with Gasteiger partial charge in [-0.25, -0.2) is 8.78 Å². The molecule has 1 aliphatic rings. The first-order valence-electron chi connectivity index (χ1n) is 6.97. The highest BCUT2D eigenvalue weighted by molar-refractivity contribution is 5.01. The normalized spacial score (nSPS) is 34.6. The molecule has 3 unspecified atom stereocenters. The highest BCUT2D eigenvalue weighted by atomic mass is 19.3. The average molecular weight is 247 g/mol. The molecule has 1 aliphatic carbocycles. The highest BCUT2D eigenvalue weighted by Gasteiger charge is 2.50. The van der Waals surface area contributed by atoms with E-state index in [2.05, 4.69) is 26.1 Å². The summed E-state index contributed by atoms with van der Waals surface area (Å²) >= 11 is 0. The van der Waals surface area contributed by atoms with Crippen LogP contribution in [0.3, 0.4) is 0 Å². The zero-order valence-electron chi connectivity index (χ0n) is 11.6. The molecule has 0 aromatic carbocycles. The Hall–Kier alpha value is -0.180. The standard InChI is InChI=1S/C14H27F2N/c1-5-8-17-14(13(15)16)9-11(4)6-7-12(14)10(2)3/h10-13,17H,5-9H2,1-4H3. The van der Waals surface area contributed by atoms with Crippen LogP contribution >= 0.6 is 0 Å². The molecular formula is C14H27F2N. The third kappa shape index (κ3) is 3.18. The number of hydrogen-bond donors (Lipinski definition) is 1. The first-order chi connectivity index (χ1) is 7.94. The zero-order chi connectivity index (χ0) is 13.1. The minimum absolute atomic E-state index is 0.102. The fourth-order valence-electron chi connectivity index (χ4n) is 3.37. The number of nitrogens with one attached hydrogen (secondary N) is 1. The van der Waals surface area contributed by atoms with E-state index in [4.69, 9.17) is 0 Å². The minimum atomic E-state index is -2.26. The second-order valence-electron chi connectivity index (χ2n) is 6.00. The van der Waals surface area contributed by atoms with Crippen LogP contribution in [-0.4, -0.2) is 18.5 Å². The van der Waals surface area contributed by atoms with Crippen LogP contribution in [-0.2, 0) is 0 Å². The summed E-state index contributed by atoms with van der Waals surface area (Å²) in [6.07, 6.45) is 1.29. The molecule has 0 aromatic heterocycles. The van der Waals surface area contributed by atoms with Crippen molar-refractivity contribution in [2.75, 3.05) is 6.54 Å². The summed E-state index contributed by atoms with van der Waals surface area (Å²) in [6, 6.07) is 0. The Morgan fingerprint density at radius 2 is 1.94 bits per heavy atom. The van der Waals surface area contributed by atoms with Crippen LogP contribution in [0.25, 0.3) is 0 Å². The zero-order valence-corrected chi connectivity index (χ0v) is 11.6. The Bertz CT molecular complexity index is 230. The SMILES string of the molecule is CCCNC1(C(F)F)CC(C)CCC1C(C)C. The smallest absolute Gasteiger partial charge is 0.256 e. The van der Waals surface area contributed by atoms with Crippen molar-refractivity contribution in [3.63, 3.8) is 0 Å². The van der Waals surface area contributed by atoms with Crippen molar-refractivity contribution >= 4 is 0 Å². The van der Waals surface area contributed by atoms with Crippen LogP contribution in [0, 0.1) is 17.8 Å². The summed E-state index contributed by atoms with van der Waals surface area (Å²) < 4.78 is 27.2. The van der Waals surface area contributed by atoms with Crippen LogP contribution < -0.4 is 5.32 Å². The molecule has 102 valence electrons. The molecule has 0 bridgehead atoms. The van der Waals surface area contributed by atoms with Gasteiger partial charge in [-0.15, -0.1) is 0 Å². The van der Waals surface area contributed by atoms with E-state index >= 15 is 0 Å². The van der Waals surface area contributed by atoms with Gasteiger partial charge in [-0.2, -0.15) is 0 Å². The van der Waals surface area contributed by atoms with Gasteiger partial charge < -0.3 is 5.32 Å². The molecule has 0 saturated heterocycles. The van der Waals surface area contributed by atoms with Gasteiger partial charge in [0.15, 0.2) is 0 Å². The fraction of sp³-hybridized carbons (Fsp3) is 1.00. The molecule has 1 fully saturated rings. The maximum atomic E-state index is 13.6. The third-order valence-corrected chi connectivity index (χ3v) is 4.22. The van der Waals surface area contributed by atoms with Gasteiger partial charge in [0, 0.05) is 0 Å². The number of rotatable bonds is 5. The van der Waals surface area contributed by atoms with Crippen LogP contribution in [0.15, 0.2) is 0 Å². The summed E-state index contributed by atoms with van der Waals surface area (Å²) in [5.41, 5.74) is -0.943. The summed E-state index contributed by atoms with van der Waals surface area (Å²) in [6.45, 7) is 8.97. The molecule has 3 atom stereocenters. The van der Waals surface area contributed by atoms with E-state index in [0.29, 0.717) is 24.8 Å². The first kappa shape index (κ1) is 14.9. The first-order valence-corrected chi connectivity index (χ1v) is 6.97. The lowest BCUT2D eigenvalue weighted by atomic mass is 9.65. The molecule has 3 heteroatoms. The van der Waals surface area contributed by atoms with E-state index in [1.807, 2.05) is 6.92 Å². The molecule has 1 rings (SSSR count). The van der Waals surface area contributed by atoms with Gasteiger partial charge in [0.25, 0.3) is 6.43 Å². The van der Waals surface area contributed by atoms with Crippen LogP contribution in [0.5, 0.6) is 0 Å². The maximum Gasteiger partial charge on any atom is 0.256 e. The maximum absolute atomic E-state index is 13.6. The Morgan fingerprint density at radius 1 is 1.29 bits per heavy atom. The molecule has 0 amide bonds. The molecule has 1 saturated carbocycles. The third-order valence-electron chi connectivity index (χ3n) is 4.22. The van der Waals surface area contributed by atoms with Crippen molar-refractivity contribution in [3.05, 3.63) is 0 Å². The van der Waals surface area contributed by atoms with Gasteiger partial charge in [0.05, 0.1) is 5.54 Å². The molecule has 1 N–H and O–H groups in total. The largest absolute Gasteiger partial charge is 0.306 e. The predicted octanol–water partition coefficient (Wildman–Crippen LogP) is 4.08. The number of alkyl halides is 2. The number of hydrogen-bond acceptors (Lipinski definition) is 1. The van der Waals surface area contributed by atoms with Gasteiger partial charge >= 0.3 is 0 Å². The summed E-state index contributed by atoms with van der Waals surface area (Å²) in [7, 11) is 0. The van der Waals surface area contributed by atoms with Gasteiger partial charge in [-0.3, -0.25) is 0 Å². The molecule has 0 aromatic rings. The van der Waals surface area contributed by atoms with Crippen LogP contribution in [0.1, 0.15) is 53.4 Å². The monoisotopic (exact) mass is 247 g/mol. The van der Waals surface area contributed by atoms with Crippen molar-refractivity contribution in [1.29, 1.82) is 0 Å². The van der Waals surface area contributed by atoms with E-state index in [1.165, 1.54) is 0 Å². The van der Waals surface area contributed by atoms with Crippen molar-refractivity contribution in [3.8, 4) is 0 Å². The highest BCUT2D eigenvalue weighted by Crippen LogP contribution is 2.44. The van der Waals surface area contributed by atoms with E-state index in [1.54, 1.807) is 0 Å². The quantitative estimate of drug-likeness (QED) is 0.772. The number of halogens is 2. The summed E-state index contributed by atoms with van der Waals surface area (Å²) in [5, 5.41) is 3.20. The average Bonchev–Trinajstić information content (AvgIpc) is 2.25. The molecule has 17 heavy (non-hydrogen) atoms. The van der Waals surface area contributed by atoms with Gasteiger partial charge in [-0.1, -0.05) is 34.1 Å². The summed E-state index contributed by atoms with van der Waals surface area (Å²) in [5.74, 6) is 0.828. The lowest BCUT2D eigenvalue weighted by Gasteiger charge is -2.48. The van der Waals surface area contributed by atoms with Gasteiger partial charge in [0.1, 0.15) is 0 Å². The molecule has 0 heterocycles. The Balaban J connectivity index is 2.92. The molecule has 0 spiro atoms. The lowest BCUT2D eigenvalue weighted by Crippen LogP contribution is -2.61. The second kappa shape index (κ2) is 6.12. The van der Waals surface area contributed by atoms with Crippen LogP contribution in [0.2, 0.25) is 0 Å². The van der Waals surface area contributed by atoms with E-state index in [0.717, 1.165) is 19.3 Å². The molecule has 0 radical (unpaired) electrons. The van der Waals surface area contributed by atoms with Crippen molar-refractivity contribution < 1.29 is 8.78 Å².